The predicted octanol–water partition coefficient (Wildman–Crippen LogP) is 2.02. The first-order valence-corrected chi connectivity index (χ1v) is 5.87. The molecule has 0 aromatic carbocycles. The Kier molecular flexibility index (Phi) is 2.82. The molecule has 1 atom stereocenters. The standard InChI is InChI=1S/C12H22N2/c1-8(13)10-6-11(7-10)9(2)14-12-4-3-5-12/h8,10-12,14H,2-7,13H2,1H3. The summed E-state index contributed by atoms with van der Waals surface area (Å²) in [5.41, 5.74) is 7.12. The van der Waals surface area contributed by atoms with E-state index in [1.165, 1.54) is 37.8 Å². The highest BCUT2D eigenvalue weighted by Gasteiger charge is 2.34. The SMILES string of the molecule is C=C(NC1CCC1)C1CC(C(C)N)C1. The van der Waals surface area contributed by atoms with Crippen LogP contribution in [0.5, 0.6) is 0 Å². The van der Waals surface area contributed by atoms with Gasteiger partial charge in [-0.1, -0.05) is 6.58 Å². The maximum atomic E-state index is 5.85. The molecule has 0 heterocycles. The van der Waals surface area contributed by atoms with Crippen LogP contribution in [0.1, 0.15) is 39.0 Å². The molecule has 2 aliphatic rings. The second-order valence-electron chi connectivity index (χ2n) is 5.08. The average Bonchev–Trinajstić information content (AvgIpc) is 1.93. The van der Waals surface area contributed by atoms with Crippen molar-refractivity contribution in [3.63, 3.8) is 0 Å². The minimum absolute atomic E-state index is 0.364. The first-order valence-electron chi connectivity index (χ1n) is 5.87. The molecule has 0 saturated heterocycles. The minimum Gasteiger partial charge on any atom is -0.386 e. The monoisotopic (exact) mass is 194 g/mol. The topological polar surface area (TPSA) is 38.0 Å². The highest BCUT2D eigenvalue weighted by Crippen LogP contribution is 2.39. The van der Waals surface area contributed by atoms with E-state index in [0.717, 1.165) is 12.0 Å². The number of hydrogen-bond acceptors (Lipinski definition) is 2. The molecule has 2 aliphatic carbocycles. The quantitative estimate of drug-likeness (QED) is 0.718. The van der Waals surface area contributed by atoms with Crippen molar-refractivity contribution in [2.45, 2.75) is 51.1 Å². The van der Waals surface area contributed by atoms with E-state index in [2.05, 4.69) is 18.8 Å². The Bertz CT molecular complexity index is 212. The van der Waals surface area contributed by atoms with Crippen LogP contribution in [-0.2, 0) is 0 Å². The van der Waals surface area contributed by atoms with Gasteiger partial charge in [-0.05, 0) is 50.9 Å². The summed E-state index contributed by atoms with van der Waals surface area (Å²) in [5.74, 6) is 1.44. The zero-order chi connectivity index (χ0) is 10.1. The van der Waals surface area contributed by atoms with Gasteiger partial charge in [0.15, 0.2) is 0 Å². The molecule has 14 heavy (non-hydrogen) atoms. The summed E-state index contributed by atoms with van der Waals surface area (Å²) in [5, 5.41) is 3.54. The van der Waals surface area contributed by atoms with E-state index in [1.807, 2.05) is 0 Å². The molecule has 1 unspecified atom stereocenters. The van der Waals surface area contributed by atoms with Gasteiger partial charge in [0.05, 0.1) is 0 Å². The van der Waals surface area contributed by atoms with Crippen molar-refractivity contribution in [3.8, 4) is 0 Å². The number of nitrogens with one attached hydrogen (secondary N) is 1. The molecule has 0 aromatic rings. The lowest BCUT2D eigenvalue weighted by Gasteiger charge is -2.41. The normalized spacial score (nSPS) is 34.1. The predicted molar refractivity (Wildman–Crippen MR) is 59.8 cm³/mol. The van der Waals surface area contributed by atoms with Crippen LogP contribution in [0.4, 0.5) is 0 Å². The van der Waals surface area contributed by atoms with E-state index < -0.39 is 0 Å². The summed E-state index contributed by atoms with van der Waals surface area (Å²) in [6, 6.07) is 1.10. The summed E-state index contributed by atoms with van der Waals surface area (Å²) >= 11 is 0. The fourth-order valence-corrected chi connectivity index (χ4v) is 2.31. The number of allylic oxidation sites excluding steroid dienone is 1. The summed E-state index contributed by atoms with van der Waals surface area (Å²) in [6.07, 6.45) is 6.55. The van der Waals surface area contributed by atoms with Crippen molar-refractivity contribution < 1.29 is 0 Å². The minimum atomic E-state index is 0.364. The molecule has 2 rings (SSSR count). The van der Waals surface area contributed by atoms with Crippen molar-refractivity contribution in [2.24, 2.45) is 17.6 Å². The molecular formula is C12H22N2. The van der Waals surface area contributed by atoms with Crippen molar-refractivity contribution in [1.29, 1.82) is 0 Å². The van der Waals surface area contributed by atoms with Crippen LogP contribution in [0, 0.1) is 11.8 Å². The molecule has 0 aromatic heterocycles. The Morgan fingerprint density at radius 1 is 1.43 bits per heavy atom. The fraction of sp³-hybridized carbons (Fsp3) is 0.833. The van der Waals surface area contributed by atoms with E-state index in [9.17, 15) is 0 Å². The summed E-state index contributed by atoms with van der Waals surface area (Å²) < 4.78 is 0. The van der Waals surface area contributed by atoms with Gasteiger partial charge >= 0.3 is 0 Å². The van der Waals surface area contributed by atoms with E-state index in [1.54, 1.807) is 0 Å². The van der Waals surface area contributed by atoms with Gasteiger partial charge in [-0.3, -0.25) is 0 Å². The van der Waals surface area contributed by atoms with Crippen molar-refractivity contribution in [1.82, 2.24) is 5.32 Å². The first kappa shape index (κ1) is 10.0. The van der Waals surface area contributed by atoms with Gasteiger partial charge in [-0.25, -0.2) is 0 Å². The number of hydrogen-bond donors (Lipinski definition) is 2. The van der Waals surface area contributed by atoms with Crippen LogP contribution in [0.25, 0.3) is 0 Å². The van der Waals surface area contributed by atoms with Crippen molar-refractivity contribution in [2.75, 3.05) is 0 Å². The lowest BCUT2D eigenvalue weighted by Crippen LogP contribution is -2.43. The largest absolute Gasteiger partial charge is 0.386 e. The van der Waals surface area contributed by atoms with Crippen LogP contribution in [0.3, 0.4) is 0 Å². The molecule has 2 fully saturated rings. The molecule has 0 aliphatic heterocycles. The van der Waals surface area contributed by atoms with Crippen LogP contribution in [-0.4, -0.2) is 12.1 Å². The molecule has 80 valence electrons. The Labute approximate surface area is 86.9 Å². The zero-order valence-corrected chi connectivity index (χ0v) is 9.13. The Balaban J connectivity index is 1.68. The van der Waals surface area contributed by atoms with Gasteiger partial charge < -0.3 is 11.1 Å². The number of rotatable bonds is 4. The maximum Gasteiger partial charge on any atom is 0.0258 e. The summed E-state index contributed by atoms with van der Waals surface area (Å²) in [7, 11) is 0. The third-order valence-electron chi connectivity index (χ3n) is 3.91. The third kappa shape index (κ3) is 1.95. The second-order valence-corrected chi connectivity index (χ2v) is 5.08. The lowest BCUT2D eigenvalue weighted by molar-refractivity contribution is 0.184. The van der Waals surface area contributed by atoms with Crippen LogP contribution < -0.4 is 11.1 Å². The van der Waals surface area contributed by atoms with Gasteiger partial charge in [0.25, 0.3) is 0 Å². The Morgan fingerprint density at radius 2 is 2.07 bits per heavy atom. The van der Waals surface area contributed by atoms with Gasteiger partial charge in [0.1, 0.15) is 0 Å². The summed E-state index contributed by atoms with van der Waals surface area (Å²) in [6.45, 7) is 6.25. The molecule has 2 heteroatoms. The molecule has 3 N–H and O–H groups in total. The van der Waals surface area contributed by atoms with Crippen LogP contribution in [0.2, 0.25) is 0 Å². The Morgan fingerprint density at radius 3 is 2.50 bits per heavy atom. The smallest absolute Gasteiger partial charge is 0.0258 e. The van der Waals surface area contributed by atoms with Gasteiger partial charge in [0, 0.05) is 17.8 Å². The van der Waals surface area contributed by atoms with E-state index in [0.29, 0.717) is 12.0 Å². The Hall–Kier alpha value is -0.500. The third-order valence-corrected chi connectivity index (χ3v) is 3.91. The lowest BCUT2D eigenvalue weighted by atomic mass is 9.70. The second kappa shape index (κ2) is 3.93. The molecule has 2 saturated carbocycles. The van der Waals surface area contributed by atoms with Crippen LogP contribution in [0.15, 0.2) is 12.3 Å². The molecular weight excluding hydrogens is 172 g/mol. The summed E-state index contributed by atoms with van der Waals surface area (Å²) in [4.78, 5) is 0. The van der Waals surface area contributed by atoms with Gasteiger partial charge in [-0.15, -0.1) is 0 Å². The average molecular weight is 194 g/mol. The van der Waals surface area contributed by atoms with E-state index >= 15 is 0 Å². The van der Waals surface area contributed by atoms with Crippen molar-refractivity contribution >= 4 is 0 Å². The highest BCUT2D eigenvalue weighted by atomic mass is 14.9. The van der Waals surface area contributed by atoms with Gasteiger partial charge in [0.2, 0.25) is 0 Å². The molecule has 0 spiro atoms. The maximum absolute atomic E-state index is 5.85. The first-order chi connectivity index (χ1) is 6.66. The van der Waals surface area contributed by atoms with Crippen molar-refractivity contribution in [3.05, 3.63) is 12.3 Å². The molecule has 0 amide bonds. The fourth-order valence-electron chi connectivity index (χ4n) is 2.31. The van der Waals surface area contributed by atoms with E-state index in [4.69, 9.17) is 5.73 Å². The molecule has 2 nitrogen and oxygen atoms in total. The molecule has 0 bridgehead atoms. The molecule has 0 radical (unpaired) electrons. The van der Waals surface area contributed by atoms with E-state index in [-0.39, 0.29) is 0 Å². The zero-order valence-electron chi connectivity index (χ0n) is 9.13. The highest BCUT2D eigenvalue weighted by molar-refractivity contribution is 5.07. The number of nitrogens with two attached hydrogens (primary N) is 1. The van der Waals surface area contributed by atoms with Gasteiger partial charge in [-0.2, -0.15) is 0 Å². The van der Waals surface area contributed by atoms with Crippen LogP contribution >= 0.6 is 0 Å².